The monoisotopic (exact) mass is 274 g/mol. The lowest BCUT2D eigenvalue weighted by atomic mass is 10.3. The molecule has 0 aliphatic heterocycles. The van der Waals surface area contributed by atoms with Gasteiger partial charge in [-0.05, 0) is 47.1 Å². The Morgan fingerprint density at radius 1 is 1.11 bits per heavy atom. The Labute approximate surface area is 117 Å². The summed E-state index contributed by atoms with van der Waals surface area (Å²) in [6.07, 6.45) is 1.94. The van der Waals surface area contributed by atoms with E-state index in [-0.39, 0.29) is 5.91 Å². The van der Waals surface area contributed by atoms with Crippen LogP contribution in [-0.2, 0) is 4.79 Å². The highest BCUT2D eigenvalue weighted by molar-refractivity contribution is 5.75. The quantitative estimate of drug-likeness (QED) is 0.435. The molecule has 0 heterocycles. The predicted octanol–water partition coefficient (Wildman–Crippen LogP) is -0.696. The summed E-state index contributed by atoms with van der Waals surface area (Å²) in [5, 5.41) is 14.8. The molecule has 6 nitrogen and oxygen atoms in total. The number of carbonyl (C=O) groups is 1. The van der Waals surface area contributed by atoms with Gasteiger partial charge in [-0.1, -0.05) is 0 Å². The number of aliphatic hydroxyl groups is 1. The summed E-state index contributed by atoms with van der Waals surface area (Å²) in [4.78, 5) is 15.5. The van der Waals surface area contributed by atoms with Gasteiger partial charge < -0.3 is 20.2 Å². The Hall–Kier alpha value is -0.690. The molecule has 0 bridgehead atoms. The van der Waals surface area contributed by atoms with E-state index in [4.69, 9.17) is 0 Å². The second kappa shape index (κ2) is 11.2. The molecule has 0 aromatic carbocycles. The summed E-state index contributed by atoms with van der Waals surface area (Å²) in [6.45, 7) is 3.66. The molecular formula is C13H30N4O2. The molecule has 0 rings (SSSR count). The molecule has 0 aliphatic carbocycles. The van der Waals surface area contributed by atoms with Gasteiger partial charge in [-0.25, -0.2) is 0 Å². The third-order valence-corrected chi connectivity index (χ3v) is 3.20. The molecule has 0 radical (unpaired) electrons. The van der Waals surface area contributed by atoms with Crippen molar-refractivity contribution in [2.45, 2.75) is 25.5 Å². The molecular weight excluding hydrogens is 244 g/mol. The molecule has 1 amide bonds. The fourth-order valence-electron chi connectivity index (χ4n) is 1.74. The molecule has 0 aromatic heterocycles. The first-order valence-corrected chi connectivity index (χ1v) is 6.92. The van der Waals surface area contributed by atoms with Crippen LogP contribution in [0.4, 0.5) is 0 Å². The molecule has 19 heavy (non-hydrogen) atoms. The van der Waals surface area contributed by atoms with Crippen molar-refractivity contribution in [3.63, 3.8) is 0 Å². The van der Waals surface area contributed by atoms with E-state index in [9.17, 15) is 9.90 Å². The molecule has 3 N–H and O–H groups in total. The van der Waals surface area contributed by atoms with Crippen molar-refractivity contribution in [2.24, 2.45) is 0 Å². The van der Waals surface area contributed by atoms with Crippen molar-refractivity contribution in [1.82, 2.24) is 20.4 Å². The number of hydrogen-bond donors (Lipinski definition) is 3. The van der Waals surface area contributed by atoms with Gasteiger partial charge in [0.05, 0.1) is 0 Å². The Balaban J connectivity index is 3.52. The second-order valence-corrected chi connectivity index (χ2v) is 4.98. The molecule has 0 spiro atoms. The lowest BCUT2D eigenvalue weighted by Crippen LogP contribution is -2.32. The van der Waals surface area contributed by atoms with Crippen LogP contribution in [0.2, 0.25) is 0 Å². The minimum Gasteiger partial charge on any atom is -0.379 e. The number of amides is 1. The predicted molar refractivity (Wildman–Crippen MR) is 78.0 cm³/mol. The minimum atomic E-state index is -0.419. The molecule has 0 saturated heterocycles. The van der Waals surface area contributed by atoms with Gasteiger partial charge in [0.25, 0.3) is 0 Å². The largest absolute Gasteiger partial charge is 0.379 e. The third-order valence-electron chi connectivity index (χ3n) is 3.20. The van der Waals surface area contributed by atoms with Gasteiger partial charge >= 0.3 is 0 Å². The fraction of sp³-hybridized carbons (Fsp3) is 0.923. The summed E-state index contributed by atoms with van der Waals surface area (Å²) in [7, 11) is 7.52. The van der Waals surface area contributed by atoms with Gasteiger partial charge in [-0.2, -0.15) is 0 Å². The SMILES string of the molecule is CNC(=O)CCN(C)CCCN(C)CCC(O)NC. The molecule has 1 atom stereocenters. The Kier molecular flexibility index (Phi) is 10.8. The molecule has 0 aliphatic rings. The summed E-state index contributed by atoms with van der Waals surface area (Å²) in [5.74, 6) is 0.0880. The van der Waals surface area contributed by atoms with Gasteiger partial charge in [0.2, 0.25) is 5.91 Å². The number of rotatable bonds is 11. The maximum Gasteiger partial charge on any atom is 0.221 e. The Bertz CT molecular complexity index is 239. The topological polar surface area (TPSA) is 67.8 Å². The highest BCUT2D eigenvalue weighted by atomic mass is 16.3. The average Bonchev–Trinajstić information content (AvgIpc) is 2.41. The first kappa shape index (κ1) is 18.3. The molecule has 6 heteroatoms. The molecule has 0 saturated carbocycles. The summed E-state index contributed by atoms with van der Waals surface area (Å²) in [5.41, 5.74) is 0. The fourth-order valence-corrected chi connectivity index (χ4v) is 1.74. The van der Waals surface area contributed by atoms with Gasteiger partial charge in [0, 0.05) is 26.6 Å². The second-order valence-electron chi connectivity index (χ2n) is 4.98. The van der Waals surface area contributed by atoms with Crippen LogP contribution in [0.15, 0.2) is 0 Å². The van der Waals surface area contributed by atoms with E-state index in [1.165, 1.54) is 0 Å². The maximum absolute atomic E-state index is 11.1. The van der Waals surface area contributed by atoms with Crippen LogP contribution < -0.4 is 10.6 Å². The smallest absolute Gasteiger partial charge is 0.221 e. The minimum absolute atomic E-state index is 0.0880. The molecule has 1 unspecified atom stereocenters. The average molecular weight is 274 g/mol. The molecule has 0 aromatic rings. The summed E-state index contributed by atoms with van der Waals surface area (Å²) >= 11 is 0. The number of nitrogens with zero attached hydrogens (tertiary/aromatic N) is 2. The standard InChI is InChI=1S/C13H30N4O2/c1-14-12(18)6-10-16(3)8-5-9-17(4)11-7-13(19)15-2/h12,14,18H,5-11H2,1-4H3,(H,15,19). The van der Waals surface area contributed by atoms with Gasteiger partial charge in [-0.15, -0.1) is 0 Å². The highest BCUT2D eigenvalue weighted by Gasteiger charge is 2.05. The number of carbonyl (C=O) groups excluding carboxylic acids is 1. The normalized spacial score (nSPS) is 13.0. The van der Waals surface area contributed by atoms with E-state index in [0.29, 0.717) is 6.42 Å². The van der Waals surface area contributed by atoms with Crippen molar-refractivity contribution in [3.8, 4) is 0 Å². The van der Waals surface area contributed by atoms with Crippen LogP contribution >= 0.6 is 0 Å². The van der Waals surface area contributed by atoms with Crippen molar-refractivity contribution < 1.29 is 9.90 Å². The zero-order chi connectivity index (χ0) is 14.7. The maximum atomic E-state index is 11.1. The first-order chi connectivity index (χ1) is 8.99. The van der Waals surface area contributed by atoms with Crippen LogP contribution in [-0.4, -0.2) is 81.4 Å². The van der Waals surface area contributed by atoms with Crippen LogP contribution in [0.3, 0.4) is 0 Å². The zero-order valence-corrected chi connectivity index (χ0v) is 12.8. The van der Waals surface area contributed by atoms with E-state index in [0.717, 1.165) is 39.0 Å². The molecule has 0 fully saturated rings. The van der Waals surface area contributed by atoms with Crippen molar-refractivity contribution in [1.29, 1.82) is 0 Å². The van der Waals surface area contributed by atoms with E-state index in [1.807, 2.05) is 7.05 Å². The van der Waals surface area contributed by atoms with E-state index in [2.05, 4.69) is 27.5 Å². The lowest BCUT2D eigenvalue weighted by molar-refractivity contribution is -0.120. The third kappa shape index (κ3) is 10.9. The summed E-state index contributed by atoms with van der Waals surface area (Å²) in [6, 6.07) is 0. The summed E-state index contributed by atoms with van der Waals surface area (Å²) < 4.78 is 0. The Morgan fingerprint density at radius 2 is 1.68 bits per heavy atom. The number of nitrogens with one attached hydrogen (secondary N) is 2. The number of hydrogen-bond acceptors (Lipinski definition) is 5. The van der Waals surface area contributed by atoms with Crippen LogP contribution in [0.25, 0.3) is 0 Å². The van der Waals surface area contributed by atoms with Crippen LogP contribution in [0.5, 0.6) is 0 Å². The van der Waals surface area contributed by atoms with Crippen molar-refractivity contribution in [3.05, 3.63) is 0 Å². The van der Waals surface area contributed by atoms with Gasteiger partial charge in [0.1, 0.15) is 6.23 Å². The lowest BCUT2D eigenvalue weighted by Gasteiger charge is -2.21. The highest BCUT2D eigenvalue weighted by Crippen LogP contribution is 1.96. The van der Waals surface area contributed by atoms with Gasteiger partial charge in [0.15, 0.2) is 0 Å². The first-order valence-electron chi connectivity index (χ1n) is 6.92. The zero-order valence-electron chi connectivity index (χ0n) is 12.8. The van der Waals surface area contributed by atoms with E-state index < -0.39 is 6.23 Å². The van der Waals surface area contributed by atoms with Crippen molar-refractivity contribution >= 4 is 5.91 Å². The Morgan fingerprint density at radius 3 is 2.21 bits per heavy atom. The van der Waals surface area contributed by atoms with E-state index in [1.54, 1.807) is 14.1 Å². The van der Waals surface area contributed by atoms with Crippen LogP contribution in [0, 0.1) is 0 Å². The van der Waals surface area contributed by atoms with E-state index >= 15 is 0 Å². The van der Waals surface area contributed by atoms with Crippen LogP contribution in [0.1, 0.15) is 19.3 Å². The van der Waals surface area contributed by atoms with Gasteiger partial charge in [-0.3, -0.25) is 10.1 Å². The van der Waals surface area contributed by atoms with Crippen molar-refractivity contribution in [2.75, 3.05) is 54.4 Å². The number of aliphatic hydroxyl groups excluding tert-OH is 1. The molecule has 114 valence electrons.